The monoisotopic (exact) mass is 407 g/mol. The first-order valence-corrected chi connectivity index (χ1v) is 11.4. The number of rotatable bonds is 5. The largest absolute Gasteiger partial charge is 0.310 e. The molecule has 3 aromatic rings. The van der Waals surface area contributed by atoms with Crippen molar-refractivity contribution in [3.8, 4) is 5.69 Å². The van der Waals surface area contributed by atoms with E-state index in [-0.39, 0.29) is 11.8 Å². The van der Waals surface area contributed by atoms with Crippen LogP contribution in [0, 0.1) is 13.8 Å². The molecule has 0 bridgehead atoms. The first-order valence-electron chi connectivity index (χ1n) is 9.87. The predicted molar refractivity (Wildman–Crippen MR) is 117 cm³/mol. The van der Waals surface area contributed by atoms with Gasteiger partial charge in [-0.1, -0.05) is 55.0 Å². The summed E-state index contributed by atoms with van der Waals surface area (Å²) in [7, 11) is -0.963. The summed E-state index contributed by atoms with van der Waals surface area (Å²) in [5, 5.41) is 7.85. The first-order chi connectivity index (χ1) is 14.0. The number of nitrogens with one attached hydrogen (secondary N) is 1. The molecule has 0 saturated heterocycles. The molecule has 1 N–H and O–H groups in total. The number of anilines is 1. The van der Waals surface area contributed by atoms with Crippen molar-refractivity contribution in [2.24, 2.45) is 0 Å². The van der Waals surface area contributed by atoms with E-state index >= 15 is 0 Å². The van der Waals surface area contributed by atoms with E-state index in [4.69, 9.17) is 5.10 Å². The maximum Gasteiger partial charge on any atom is 0.233 e. The highest BCUT2D eigenvalue weighted by Gasteiger charge is 2.30. The molecule has 150 valence electrons. The molecule has 1 aliphatic rings. The summed E-state index contributed by atoms with van der Waals surface area (Å²) in [5.74, 6) is 1.20. The Labute approximate surface area is 173 Å². The fourth-order valence-electron chi connectivity index (χ4n) is 3.94. The van der Waals surface area contributed by atoms with E-state index in [1.807, 2.05) is 61.0 Å². The summed E-state index contributed by atoms with van der Waals surface area (Å²) in [5.41, 5.74) is 5.88. The van der Waals surface area contributed by atoms with Crippen LogP contribution in [-0.2, 0) is 27.1 Å². The molecule has 1 aliphatic heterocycles. The molecule has 0 unspecified atom stereocenters. The Bertz CT molecular complexity index is 1090. The maximum absolute atomic E-state index is 13.2. The SMILES string of the molecule is CC[C@H](C(=O)Nc1c2c(nn1-c1ccc(C)cc1C)C[S@](=O)C2)c1ccccc1. The molecule has 5 nitrogen and oxygen atoms in total. The molecule has 2 atom stereocenters. The molecule has 6 heteroatoms. The van der Waals surface area contributed by atoms with E-state index < -0.39 is 10.8 Å². The van der Waals surface area contributed by atoms with Gasteiger partial charge in [0.2, 0.25) is 5.91 Å². The number of carbonyl (C=O) groups excluding carboxylic acids is 1. The van der Waals surface area contributed by atoms with Crippen LogP contribution in [0.5, 0.6) is 0 Å². The Morgan fingerprint density at radius 1 is 1.17 bits per heavy atom. The first kappa shape index (κ1) is 19.6. The second-order valence-electron chi connectivity index (χ2n) is 7.56. The molecule has 0 aliphatic carbocycles. The molecular weight excluding hydrogens is 382 g/mol. The van der Waals surface area contributed by atoms with Gasteiger partial charge in [0.15, 0.2) is 0 Å². The van der Waals surface area contributed by atoms with Crippen molar-refractivity contribution in [2.75, 3.05) is 5.32 Å². The van der Waals surface area contributed by atoms with Gasteiger partial charge in [-0.25, -0.2) is 4.68 Å². The molecule has 1 amide bonds. The average molecular weight is 408 g/mol. The Morgan fingerprint density at radius 2 is 1.93 bits per heavy atom. The van der Waals surface area contributed by atoms with Crippen LogP contribution in [0.4, 0.5) is 5.82 Å². The number of aryl methyl sites for hydroxylation is 2. The van der Waals surface area contributed by atoms with Gasteiger partial charge in [0.1, 0.15) is 5.82 Å². The standard InChI is InChI=1S/C23H25N3O2S/c1-4-18(17-8-6-5-7-9-17)23(27)24-22-19-13-29(28)14-20(19)25-26(22)21-11-10-15(2)12-16(21)3/h5-12,18H,4,13-14H2,1-3H3,(H,24,27)/t18-,29+/m0/s1. The van der Waals surface area contributed by atoms with Gasteiger partial charge in [-0.2, -0.15) is 5.10 Å². The minimum absolute atomic E-state index is 0.0647. The number of hydrogen-bond donors (Lipinski definition) is 1. The van der Waals surface area contributed by atoms with Crippen LogP contribution in [0.15, 0.2) is 48.5 Å². The summed E-state index contributed by atoms with van der Waals surface area (Å²) in [6, 6.07) is 16.0. The van der Waals surface area contributed by atoms with E-state index in [0.29, 0.717) is 23.7 Å². The zero-order chi connectivity index (χ0) is 20.5. The summed E-state index contributed by atoms with van der Waals surface area (Å²) in [6.45, 7) is 6.10. The Balaban J connectivity index is 1.74. The van der Waals surface area contributed by atoms with Gasteiger partial charge in [-0.05, 0) is 37.5 Å². The van der Waals surface area contributed by atoms with Gasteiger partial charge in [0, 0.05) is 16.4 Å². The number of hydrogen-bond acceptors (Lipinski definition) is 3. The number of carbonyl (C=O) groups is 1. The molecule has 0 saturated carbocycles. The van der Waals surface area contributed by atoms with Gasteiger partial charge < -0.3 is 5.32 Å². The minimum atomic E-state index is -0.963. The molecule has 29 heavy (non-hydrogen) atoms. The van der Waals surface area contributed by atoms with E-state index in [0.717, 1.165) is 28.1 Å². The highest BCUT2D eigenvalue weighted by atomic mass is 32.2. The van der Waals surface area contributed by atoms with E-state index in [1.54, 1.807) is 0 Å². The molecule has 0 spiro atoms. The van der Waals surface area contributed by atoms with Gasteiger partial charge in [-0.15, -0.1) is 0 Å². The molecule has 0 radical (unpaired) electrons. The minimum Gasteiger partial charge on any atom is -0.310 e. The summed E-state index contributed by atoms with van der Waals surface area (Å²) >= 11 is 0. The lowest BCUT2D eigenvalue weighted by Gasteiger charge is -2.18. The Morgan fingerprint density at radius 3 is 2.62 bits per heavy atom. The number of benzene rings is 2. The number of aromatic nitrogens is 2. The van der Waals surface area contributed by atoms with Crippen molar-refractivity contribution >= 4 is 22.5 Å². The third kappa shape index (κ3) is 3.77. The molecule has 2 heterocycles. The zero-order valence-corrected chi connectivity index (χ0v) is 17.8. The lowest BCUT2D eigenvalue weighted by atomic mass is 9.95. The van der Waals surface area contributed by atoms with Crippen molar-refractivity contribution in [3.05, 3.63) is 76.5 Å². The van der Waals surface area contributed by atoms with Gasteiger partial charge in [0.25, 0.3) is 0 Å². The van der Waals surface area contributed by atoms with E-state index in [9.17, 15) is 9.00 Å². The van der Waals surface area contributed by atoms with Crippen LogP contribution in [0.1, 0.15) is 47.2 Å². The van der Waals surface area contributed by atoms with Crippen LogP contribution < -0.4 is 5.32 Å². The topological polar surface area (TPSA) is 64.0 Å². The van der Waals surface area contributed by atoms with Gasteiger partial charge in [0.05, 0.1) is 28.8 Å². The second-order valence-corrected chi connectivity index (χ2v) is 9.02. The molecular formula is C23H25N3O2S. The third-order valence-corrected chi connectivity index (χ3v) is 6.62. The predicted octanol–water partition coefficient (Wildman–Crippen LogP) is 4.38. The quantitative estimate of drug-likeness (QED) is 0.682. The third-order valence-electron chi connectivity index (χ3n) is 5.42. The van der Waals surface area contributed by atoms with Crippen molar-refractivity contribution in [1.29, 1.82) is 0 Å². The van der Waals surface area contributed by atoms with Crippen LogP contribution >= 0.6 is 0 Å². The smallest absolute Gasteiger partial charge is 0.233 e. The summed E-state index contributed by atoms with van der Waals surface area (Å²) < 4.78 is 13.9. The van der Waals surface area contributed by atoms with E-state index in [2.05, 4.69) is 18.3 Å². The summed E-state index contributed by atoms with van der Waals surface area (Å²) in [4.78, 5) is 13.2. The van der Waals surface area contributed by atoms with Crippen molar-refractivity contribution in [3.63, 3.8) is 0 Å². The van der Waals surface area contributed by atoms with Crippen LogP contribution in [0.25, 0.3) is 5.69 Å². The summed E-state index contributed by atoms with van der Waals surface area (Å²) in [6.07, 6.45) is 0.696. The van der Waals surface area contributed by atoms with Gasteiger partial charge in [-0.3, -0.25) is 9.00 Å². The normalized spacial score (nSPS) is 16.4. The lowest BCUT2D eigenvalue weighted by molar-refractivity contribution is -0.117. The fraction of sp³-hybridized carbons (Fsp3) is 0.304. The highest BCUT2D eigenvalue weighted by Crippen LogP contribution is 2.33. The van der Waals surface area contributed by atoms with Gasteiger partial charge >= 0.3 is 0 Å². The van der Waals surface area contributed by atoms with Crippen LogP contribution in [0.2, 0.25) is 0 Å². The fourth-order valence-corrected chi connectivity index (χ4v) is 5.20. The lowest BCUT2D eigenvalue weighted by Crippen LogP contribution is -2.23. The van der Waals surface area contributed by atoms with Crippen LogP contribution in [-0.4, -0.2) is 19.9 Å². The van der Waals surface area contributed by atoms with E-state index in [1.165, 1.54) is 5.56 Å². The highest BCUT2D eigenvalue weighted by molar-refractivity contribution is 7.83. The zero-order valence-electron chi connectivity index (χ0n) is 16.9. The number of nitrogens with zero attached hydrogens (tertiary/aromatic N) is 2. The number of fused-ring (bicyclic) bond motifs is 1. The average Bonchev–Trinajstić information content (AvgIpc) is 3.20. The van der Waals surface area contributed by atoms with Crippen LogP contribution in [0.3, 0.4) is 0 Å². The van der Waals surface area contributed by atoms with Crippen molar-refractivity contribution in [1.82, 2.24) is 9.78 Å². The van der Waals surface area contributed by atoms with Crippen molar-refractivity contribution in [2.45, 2.75) is 44.6 Å². The molecule has 1 aromatic heterocycles. The maximum atomic E-state index is 13.2. The molecule has 2 aromatic carbocycles. The Hall–Kier alpha value is -2.73. The van der Waals surface area contributed by atoms with Crippen molar-refractivity contribution < 1.29 is 9.00 Å². The molecule has 4 rings (SSSR count). The second kappa shape index (κ2) is 7.95. The Kier molecular flexibility index (Phi) is 5.37. The molecule has 0 fully saturated rings. The number of amides is 1.